The van der Waals surface area contributed by atoms with Crippen molar-refractivity contribution in [3.63, 3.8) is 0 Å². The maximum Gasteiger partial charge on any atom is 0.208 e. The molecule has 21 heavy (non-hydrogen) atoms. The second-order valence-corrected chi connectivity index (χ2v) is 8.52. The minimum Gasteiger partial charge on any atom is -0.296 e. The Morgan fingerprint density at radius 2 is 2.33 bits per heavy atom. The number of sulfonamides is 1. The SMILES string of the molecule is CCCCc1nc(CN2CCC[C@H](NS(C)(=O)=O)C2)cs1. The van der Waals surface area contributed by atoms with Gasteiger partial charge in [-0.25, -0.2) is 18.1 Å². The van der Waals surface area contributed by atoms with Crippen LogP contribution in [0.3, 0.4) is 0 Å². The summed E-state index contributed by atoms with van der Waals surface area (Å²) in [5.41, 5.74) is 1.12. The number of thiazole rings is 1. The Labute approximate surface area is 131 Å². The van der Waals surface area contributed by atoms with Gasteiger partial charge in [-0.05, 0) is 32.2 Å². The lowest BCUT2D eigenvalue weighted by molar-refractivity contribution is 0.193. The molecule has 1 fully saturated rings. The summed E-state index contributed by atoms with van der Waals surface area (Å²) in [6.45, 7) is 4.81. The highest BCUT2D eigenvalue weighted by Gasteiger charge is 2.22. The minimum atomic E-state index is -3.12. The fourth-order valence-corrected chi connectivity index (χ4v) is 4.32. The molecular formula is C14H25N3O2S2. The van der Waals surface area contributed by atoms with E-state index in [0.717, 1.165) is 44.6 Å². The second-order valence-electron chi connectivity index (χ2n) is 5.80. The van der Waals surface area contributed by atoms with Crippen molar-refractivity contribution in [1.82, 2.24) is 14.6 Å². The summed E-state index contributed by atoms with van der Waals surface area (Å²) in [4.78, 5) is 6.98. The average Bonchev–Trinajstić information content (AvgIpc) is 2.82. The van der Waals surface area contributed by atoms with Gasteiger partial charge in [0.15, 0.2) is 0 Å². The fourth-order valence-electron chi connectivity index (χ4n) is 2.69. The molecule has 1 atom stereocenters. The molecule has 1 aliphatic heterocycles. The van der Waals surface area contributed by atoms with Gasteiger partial charge in [-0.2, -0.15) is 0 Å². The molecule has 0 unspecified atom stereocenters. The Balaban J connectivity index is 1.86. The molecule has 7 heteroatoms. The predicted molar refractivity (Wildman–Crippen MR) is 87.0 cm³/mol. The number of unbranched alkanes of at least 4 members (excludes halogenated alkanes) is 1. The number of piperidine rings is 1. The first-order chi connectivity index (χ1) is 9.96. The Morgan fingerprint density at radius 3 is 3.05 bits per heavy atom. The summed E-state index contributed by atoms with van der Waals surface area (Å²) in [6, 6.07) is 0.0342. The van der Waals surface area contributed by atoms with Gasteiger partial charge >= 0.3 is 0 Å². The van der Waals surface area contributed by atoms with E-state index in [4.69, 9.17) is 0 Å². The van der Waals surface area contributed by atoms with Crippen LogP contribution in [0.5, 0.6) is 0 Å². The van der Waals surface area contributed by atoms with Gasteiger partial charge in [-0.15, -0.1) is 11.3 Å². The predicted octanol–water partition coefficient (Wildman–Crippen LogP) is 2.00. The molecule has 2 rings (SSSR count). The van der Waals surface area contributed by atoms with Crippen LogP contribution in [0.4, 0.5) is 0 Å². The number of nitrogens with zero attached hydrogens (tertiary/aromatic N) is 2. The third-order valence-electron chi connectivity index (χ3n) is 3.62. The summed E-state index contributed by atoms with van der Waals surface area (Å²) in [7, 11) is -3.12. The zero-order valence-corrected chi connectivity index (χ0v) is 14.5. The van der Waals surface area contributed by atoms with E-state index >= 15 is 0 Å². The zero-order chi connectivity index (χ0) is 15.3. The maximum absolute atomic E-state index is 11.3. The third-order valence-corrected chi connectivity index (χ3v) is 5.33. The quantitative estimate of drug-likeness (QED) is 0.830. The van der Waals surface area contributed by atoms with Crippen molar-refractivity contribution in [2.24, 2.45) is 0 Å². The number of likely N-dealkylation sites (tertiary alicyclic amines) is 1. The van der Waals surface area contributed by atoms with E-state index in [1.807, 2.05) is 0 Å². The molecule has 1 N–H and O–H groups in total. The van der Waals surface area contributed by atoms with Crippen molar-refractivity contribution in [3.8, 4) is 0 Å². The standard InChI is InChI=1S/C14H25N3O2S2/c1-3-4-7-14-15-13(11-20-14)10-17-8-5-6-12(9-17)16-21(2,18)19/h11-12,16H,3-10H2,1-2H3/t12-/m0/s1. The van der Waals surface area contributed by atoms with Crippen LogP contribution in [-0.2, 0) is 23.0 Å². The highest BCUT2D eigenvalue weighted by molar-refractivity contribution is 7.88. The first-order valence-corrected chi connectivity index (χ1v) is 10.4. The van der Waals surface area contributed by atoms with E-state index in [-0.39, 0.29) is 6.04 Å². The van der Waals surface area contributed by atoms with Gasteiger partial charge in [-0.1, -0.05) is 13.3 Å². The number of rotatable bonds is 7. The number of nitrogens with one attached hydrogen (secondary N) is 1. The smallest absolute Gasteiger partial charge is 0.208 e. The number of aromatic nitrogens is 1. The molecule has 1 aromatic heterocycles. The van der Waals surface area contributed by atoms with Crippen LogP contribution in [0.1, 0.15) is 43.3 Å². The zero-order valence-electron chi connectivity index (χ0n) is 12.8. The van der Waals surface area contributed by atoms with Crippen LogP contribution < -0.4 is 4.72 Å². The Morgan fingerprint density at radius 1 is 1.52 bits per heavy atom. The van der Waals surface area contributed by atoms with Gasteiger partial charge < -0.3 is 0 Å². The van der Waals surface area contributed by atoms with Gasteiger partial charge in [0.25, 0.3) is 0 Å². The van der Waals surface area contributed by atoms with Crippen molar-refractivity contribution in [1.29, 1.82) is 0 Å². The van der Waals surface area contributed by atoms with E-state index in [1.165, 1.54) is 24.1 Å². The molecule has 0 saturated carbocycles. The monoisotopic (exact) mass is 331 g/mol. The summed E-state index contributed by atoms with van der Waals surface area (Å²) < 4.78 is 25.4. The molecule has 0 spiro atoms. The molecule has 0 radical (unpaired) electrons. The molecule has 1 saturated heterocycles. The molecule has 0 bridgehead atoms. The largest absolute Gasteiger partial charge is 0.296 e. The topological polar surface area (TPSA) is 62.3 Å². The van der Waals surface area contributed by atoms with Crippen molar-refractivity contribution in [3.05, 3.63) is 16.1 Å². The van der Waals surface area contributed by atoms with E-state index < -0.39 is 10.0 Å². The summed E-state index contributed by atoms with van der Waals surface area (Å²) in [5.74, 6) is 0. The summed E-state index contributed by atoms with van der Waals surface area (Å²) in [5, 5.41) is 3.35. The van der Waals surface area contributed by atoms with Crippen molar-refractivity contribution >= 4 is 21.4 Å². The van der Waals surface area contributed by atoms with Crippen LogP contribution in [0.25, 0.3) is 0 Å². The first kappa shape index (κ1) is 16.9. The summed E-state index contributed by atoms with van der Waals surface area (Å²) >= 11 is 1.74. The maximum atomic E-state index is 11.3. The van der Waals surface area contributed by atoms with Gasteiger partial charge in [0.1, 0.15) is 0 Å². The minimum absolute atomic E-state index is 0.0342. The second kappa shape index (κ2) is 7.67. The van der Waals surface area contributed by atoms with Crippen LogP contribution in [-0.4, -0.2) is 43.7 Å². The highest BCUT2D eigenvalue weighted by atomic mass is 32.2. The van der Waals surface area contributed by atoms with Gasteiger partial charge in [-0.3, -0.25) is 4.90 Å². The first-order valence-electron chi connectivity index (χ1n) is 7.59. The Bertz CT molecular complexity index is 542. The highest BCUT2D eigenvalue weighted by Crippen LogP contribution is 2.17. The van der Waals surface area contributed by atoms with Gasteiger partial charge in [0.2, 0.25) is 10.0 Å². The van der Waals surface area contributed by atoms with Crippen molar-refractivity contribution < 1.29 is 8.42 Å². The molecule has 1 aromatic rings. The molecule has 1 aliphatic rings. The molecular weight excluding hydrogens is 306 g/mol. The van der Waals surface area contributed by atoms with E-state index in [1.54, 1.807) is 11.3 Å². The van der Waals surface area contributed by atoms with Gasteiger partial charge in [0, 0.05) is 24.5 Å². The van der Waals surface area contributed by atoms with Crippen LogP contribution in [0, 0.1) is 0 Å². The van der Waals surface area contributed by atoms with Crippen LogP contribution >= 0.6 is 11.3 Å². The van der Waals surface area contributed by atoms with Crippen LogP contribution in [0.2, 0.25) is 0 Å². The molecule has 0 aliphatic carbocycles. The number of aryl methyl sites for hydroxylation is 1. The van der Waals surface area contributed by atoms with E-state index in [0.29, 0.717) is 0 Å². The number of hydrogen-bond acceptors (Lipinski definition) is 5. The van der Waals surface area contributed by atoms with E-state index in [2.05, 4.69) is 26.9 Å². The normalized spacial score (nSPS) is 20.8. The Hall–Kier alpha value is -0.500. The molecule has 0 aromatic carbocycles. The lowest BCUT2D eigenvalue weighted by atomic mass is 10.1. The molecule has 2 heterocycles. The molecule has 120 valence electrons. The van der Waals surface area contributed by atoms with Crippen molar-refractivity contribution in [2.75, 3.05) is 19.3 Å². The molecule has 0 amide bonds. The Kier molecular flexibility index (Phi) is 6.16. The number of hydrogen-bond donors (Lipinski definition) is 1. The lowest BCUT2D eigenvalue weighted by Gasteiger charge is -2.32. The lowest BCUT2D eigenvalue weighted by Crippen LogP contribution is -2.47. The molecule has 5 nitrogen and oxygen atoms in total. The summed E-state index contributed by atoms with van der Waals surface area (Å²) in [6.07, 6.45) is 6.63. The van der Waals surface area contributed by atoms with E-state index in [9.17, 15) is 8.42 Å². The van der Waals surface area contributed by atoms with Crippen LogP contribution in [0.15, 0.2) is 5.38 Å². The third kappa shape index (κ3) is 6.02. The van der Waals surface area contributed by atoms with Gasteiger partial charge in [0.05, 0.1) is 17.0 Å². The average molecular weight is 332 g/mol. The van der Waals surface area contributed by atoms with Crippen molar-refractivity contribution in [2.45, 2.75) is 51.6 Å². The fraction of sp³-hybridized carbons (Fsp3) is 0.786.